The number of hydrogen-bond acceptors (Lipinski definition) is 3. The molecule has 2 aromatic carbocycles. The first-order valence-electron chi connectivity index (χ1n) is 8.74. The molecule has 0 radical (unpaired) electrons. The molecule has 0 spiro atoms. The maximum atomic E-state index is 13.4. The van der Waals surface area contributed by atoms with Crippen molar-refractivity contribution < 1.29 is 4.79 Å². The van der Waals surface area contributed by atoms with E-state index in [1.54, 1.807) is 0 Å². The molecule has 1 atom stereocenters. The zero-order chi connectivity index (χ0) is 16.9. The Kier molecular flexibility index (Phi) is 5.31. The van der Waals surface area contributed by atoms with Crippen molar-refractivity contribution >= 4 is 11.5 Å². The average molecular weight is 322 g/mol. The van der Waals surface area contributed by atoms with Gasteiger partial charge in [-0.1, -0.05) is 42.5 Å². The summed E-state index contributed by atoms with van der Waals surface area (Å²) in [5.41, 5.74) is 3.02. The molecule has 0 saturated carbocycles. The maximum Gasteiger partial charge on any atom is 0.170 e. The zero-order valence-electron chi connectivity index (χ0n) is 14.5. The molecular weight excluding hydrogens is 296 g/mol. The molecule has 3 nitrogen and oxygen atoms in total. The minimum Gasteiger partial charge on any atom is -0.378 e. The van der Waals surface area contributed by atoms with Crippen LogP contribution in [0.4, 0.5) is 5.69 Å². The third-order valence-electron chi connectivity index (χ3n) is 4.94. The lowest BCUT2D eigenvalue weighted by Gasteiger charge is -2.30. The second kappa shape index (κ2) is 7.63. The van der Waals surface area contributed by atoms with E-state index in [0.717, 1.165) is 42.7 Å². The molecule has 1 N–H and O–H groups in total. The Morgan fingerprint density at radius 3 is 2.42 bits per heavy atom. The van der Waals surface area contributed by atoms with Crippen molar-refractivity contribution in [3.05, 3.63) is 65.7 Å². The molecule has 126 valence electrons. The summed E-state index contributed by atoms with van der Waals surface area (Å²) in [6.07, 6.45) is 2.11. The third kappa shape index (κ3) is 3.68. The number of piperidine rings is 1. The van der Waals surface area contributed by atoms with Crippen molar-refractivity contribution in [3.63, 3.8) is 0 Å². The molecule has 0 amide bonds. The number of nitrogens with zero attached hydrogens (tertiary/aromatic N) is 1. The van der Waals surface area contributed by atoms with Gasteiger partial charge >= 0.3 is 0 Å². The van der Waals surface area contributed by atoms with E-state index in [9.17, 15) is 4.79 Å². The molecule has 1 aliphatic rings. The molecule has 0 aromatic heterocycles. The van der Waals surface area contributed by atoms with Gasteiger partial charge in [-0.15, -0.1) is 0 Å². The molecule has 1 fully saturated rings. The number of carbonyl (C=O) groups is 1. The second-order valence-electron chi connectivity index (χ2n) is 6.78. The van der Waals surface area contributed by atoms with Crippen LogP contribution in [0.15, 0.2) is 54.6 Å². The van der Waals surface area contributed by atoms with Crippen molar-refractivity contribution in [2.45, 2.75) is 18.8 Å². The summed E-state index contributed by atoms with van der Waals surface area (Å²) >= 11 is 0. The van der Waals surface area contributed by atoms with Crippen LogP contribution in [0.5, 0.6) is 0 Å². The van der Waals surface area contributed by atoms with Gasteiger partial charge in [0, 0.05) is 25.3 Å². The quantitative estimate of drug-likeness (QED) is 0.852. The minimum atomic E-state index is -0.0503. The summed E-state index contributed by atoms with van der Waals surface area (Å²) in [6.45, 7) is 2.00. The van der Waals surface area contributed by atoms with Gasteiger partial charge in [-0.3, -0.25) is 4.79 Å². The summed E-state index contributed by atoms with van der Waals surface area (Å²) in [5.74, 6) is 0.603. The maximum absolute atomic E-state index is 13.4. The highest BCUT2D eigenvalue weighted by Crippen LogP contribution is 2.34. The molecule has 1 heterocycles. The van der Waals surface area contributed by atoms with E-state index in [4.69, 9.17) is 0 Å². The monoisotopic (exact) mass is 322 g/mol. The first kappa shape index (κ1) is 16.7. The normalized spacial score (nSPS) is 16.6. The van der Waals surface area contributed by atoms with Gasteiger partial charge in [0.2, 0.25) is 0 Å². The number of hydrogen-bond donors (Lipinski definition) is 1. The summed E-state index contributed by atoms with van der Waals surface area (Å²) < 4.78 is 0. The molecule has 2 aromatic rings. The first-order valence-corrected chi connectivity index (χ1v) is 8.74. The fraction of sp³-hybridized carbons (Fsp3) is 0.381. The van der Waals surface area contributed by atoms with Gasteiger partial charge in [-0.05, 0) is 49.5 Å². The zero-order valence-corrected chi connectivity index (χ0v) is 14.5. The standard InChI is InChI=1S/C21H26N2O/c1-23(2)19-10-6-9-18(15-19)21(24)20(16-7-4-3-5-8-16)17-11-13-22-14-12-17/h3-10,15,17,20,22H,11-14H2,1-2H3. The molecular formula is C21H26N2O. The summed E-state index contributed by atoms with van der Waals surface area (Å²) in [5, 5.41) is 3.41. The Morgan fingerprint density at radius 1 is 1.04 bits per heavy atom. The van der Waals surface area contributed by atoms with Crippen molar-refractivity contribution in [2.24, 2.45) is 5.92 Å². The van der Waals surface area contributed by atoms with Crippen LogP contribution in [0.2, 0.25) is 0 Å². The fourth-order valence-electron chi connectivity index (χ4n) is 3.59. The fourth-order valence-corrected chi connectivity index (χ4v) is 3.59. The van der Waals surface area contributed by atoms with Crippen LogP contribution in [-0.4, -0.2) is 33.0 Å². The van der Waals surface area contributed by atoms with E-state index < -0.39 is 0 Å². The summed E-state index contributed by atoms with van der Waals surface area (Å²) in [7, 11) is 4.01. The van der Waals surface area contributed by atoms with E-state index in [0.29, 0.717) is 5.92 Å². The van der Waals surface area contributed by atoms with Crippen molar-refractivity contribution in [1.29, 1.82) is 0 Å². The van der Waals surface area contributed by atoms with Gasteiger partial charge in [0.1, 0.15) is 0 Å². The van der Waals surface area contributed by atoms with Crippen LogP contribution < -0.4 is 10.2 Å². The number of nitrogens with one attached hydrogen (secondary N) is 1. The molecule has 0 bridgehead atoms. The highest BCUT2D eigenvalue weighted by atomic mass is 16.1. The third-order valence-corrected chi connectivity index (χ3v) is 4.94. The van der Waals surface area contributed by atoms with Gasteiger partial charge in [0.05, 0.1) is 5.92 Å². The SMILES string of the molecule is CN(C)c1cccc(C(=O)C(c2ccccc2)C2CCNCC2)c1. The molecule has 3 heteroatoms. The molecule has 1 aliphatic heterocycles. The lowest BCUT2D eigenvalue weighted by Crippen LogP contribution is -2.33. The van der Waals surface area contributed by atoms with Crippen LogP contribution in [0.3, 0.4) is 0 Å². The van der Waals surface area contributed by atoms with Crippen LogP contribution in [-0.2, 0) is 0 Å². The number of benzene rings is 2. The Balaban J connectivity index is 1.95. The average Bonchev–Trinajstić information content (AvgIpc) is 2.64. The lowest BCUT2D eigenvalue weighted by molar-refractivity contribution is 0.0916. The van der Waals surface area contributed by atoms with E-state index >= 15 is 0 Å². The largest absolute Gasteiger partial charge is 0.378 e. The Labute approximate surface area is 144 Å². The molecule has 3 rings (SSSR count). The summed E-state index contributed by atoms with van der Waals surface area (Å²) in [6, 6.07) is 18.3. The van der Waals surface area contributed by atoms with Gasteiger partial charge < -0.3 is 10.2 Å². The number of anilines is 1. The van der Waals surface area contributed by atoms with Gasteiger partial charge in [0.25, 0.3) is 0 Å². The summed E-state index contributed by atoms with van der Waals surface area (Å²) in [4.78, 5) is 15.4. The van der Waals surface area contributed by atoms with E-state index in [1.807, 2.05) is 61.5 Å². The molecule has 0 aliphatic carbocycles. The van der Waals surface area contributed by atoms with E-state index in [1.165, 1.54) is 0 Å². The van der Waals surface area contributed by atoms with Crippen LogP contribution in [0.25, 0.3) is 0 Å². The molecule has 24 heavy (non-hydrogen) atoms. The number of rotatable bonds is 5. The number of Topliss-reactive ketones (excluding diaryl/α,β-unsaturated/α-hetero) is 1. The first-order chi connectivity index (χ1) is 11.7. The van der Waals surface area contributed by atoms with Gasteiger partial charge in [-0.25, -0.2) is 0 Å². The Morgan fingerprint density at radius 2 is 1.75 bits per heavy atom. The van der Waals surface area contributed by atoms with Gasteiger partial charge in [-0.2, -0.15) is 0 Å². The Hall–Kier alpha value is -2.13. The van der Waals surface area contributed by atoms with E-state index in [-0.39, 0.29) is 11.7 Å². The highest BCUT2D eigenvalue weighted by Gasteiger charge is 2.31. The number of ketones is 1. The second-order valence-corrected chi connectivity index (χ2v) is 6.78. The van der Waals surface area contributed by atoms with Crippen molar-refractivity contribution in [3.8, 4) is 0 Å². The van der Waals surface area contributed by atoms with Crippen molar-refractivity contribution in [2.75, 3.05) is 32.1 Å². The smallest absolute Gasteiger partial charge is 0.170 e. The lowest BCUT2D eigenvalue weighted by atomic mass is 9.76. The van der Waals surface area contributed by atoms with Crippen LogP contribution in [0, 0.1) is 5.92 Å². The van der Waals surface area contributed by atoms with Gasteiger partial charge in [0.15, 0.2) is 5.78 Å². The molecule has 1 unspecified atom stereocenters. The molecule has 1 saturated heterocycles. The van der Waals surface area contributed by atoms with E-state index in [2.05, 4.69) is 17.4 Å². The predicted octanol–water partition coefficient (Wildman–Crippen LogP) is 3.72. The number of carbonyl (C=O) groups excluding carboxylic acids is 1. The van der Waals surface area contributed by atoms with Crippen molar-refractivity contribution in [1.82, 2.24) is 5.32 Å². The highest BCUT2D eigenvalue weighted by molar-refractivity contribution is 6.01. The van der Waals surface area contributed by atoms with Crippen LogP contribution in [0.1, 0.15) is 34.7 Å². The van der Waals surface area contributed by atoms with Crippen LogP contribution >= 0.6 is 0 Å². The predicted molar refractivity (Wildman–Crippen MR) is 99.9 cm³/mol. The minimum absolute atomic E-state index is 0.0503. The Bertz CT molecular complexity index is 675. The topological polar surface area (TPSA) is 32.3 Å².